The fourth-order valence-corrected chi connectivity index (χ4v) is 2.33. The third-order valence-corrected chi connectivity index (χ3v) is 3.62. The summed E-state index contributed by atoms with van der Waals surface area (Å²) in [4.78, 5) is 18.6. The Labute approximate surface area is 123 Å². The molecule has 0 aliphatic heterocycles. The lowest BCUT2D eigenvalue weighted by Gasteiger charge is -2.23. The summed E-state index contributed by atoms with van der Waals surface area (Å²) in [6.07, 6.45) is 5.45. The standard InChI is InChI=1S/C16H17N3O2/c17-14-5-1-4-13(15(14)20)16(21)19(12-6-7-12)10-11-3-2-8-18-9-11/h1-5,8-9,12,20H,6-7,10,17H2. The Bertz CT molecular complexity index is 654. The van der Waals surface area contributed by atoms with E-state index in [4.69, 9.17) is 5.73 Å². The molecule has 0 spiro atoms. The third kappa shape index (κ3) is 2.81. The summed E-state index contributed by atoms with van der Waals surface area (Å²) in [5, 5.41) is 10.0. The van der Waals surface area contributed by atoms with E-state index in [1.165, 1.54) is 0 Å². The summed E-state index contributed by atoms with van der Waals surface area (Å²) in [6, 6.07) is 8.88. The molecular weight excluding hydrogens is 266 g/mol. The molecule has 0 saturated heterocycles. The first-order valence-corrected chi connectivity index (χ1v) is 6.94. The Morgan fingerprint density at radius 1 is 1.33 bits per heavy atom. The van der Waals surface area contributed by atoms with Gasteiger partial charge in [0.2, 0.25) is 0 Å². The van der Waals surface area contributed by atoms with E-state index in [1.54, 1.807) is 35.5 Å². The smallest absolute Gasteiger partial charge is 0.258 e. The van der Waals surface area contributed by atoms with Crippen molar-refractivity contribution in [2.24, 2.45) is 0 Å². The second-order valence-electron chi connectivity index (χ2n) is 5.27. The van der Waals surface area contributed by atoms with Crippen LogP contribution in [-0.4, -0.2) is 26.9 Å². The SMILES string of the molecule is Nc1cccc(C(=O)N(Cc2cccnc2)C2CC2)c1O. The number of anilines is 1. The number of hydrogen-bond acceptors (Lipinski definition) is 4. The summed E-state index contributed by atoms with van der Waals surface area (Å²) in [6.45, 7) is 0.492. The van der Waals surface area contributed by atoms with E-state index in [0.29, 0.717) is 6.54 Å². The number of aromatic hydroxyl groups is 1. The molecule has 1 aromatic heterocycles. The number of phenolic OH excluding ortho intramolecular Hbond substituents is 1. The van der Waals surface area contributed by atoms with Crippen LogP contribution in [0.2, 0.25) is 0 Å². The molecule has 0 radical (unpaired) electrons. The number of para-hydroxylation sites is 1. The molecule has 0 bridgehead atoms. The van der Waals surface area contributed by atoms with Crippen molar-refractivity contribution in [3.63, 3.8) is 0 Å². The number of aromatic nitrogens is 1. The highest BCUT2D eigenvalue weighted by atomic mass is 16.3. The zero-order valence-corrected chi connectivity index (χ0v) is 11.6. The van der Waals surface area contributed by atoms with Gasteiger partial charge in [-0.1, -0.05) is 12.1 Å². The van der Waals surface area contributed by atoms with E-state index in [2.05, 4.69) is 4.98 Å². The van der Waals surface area contributed by atoms with E-state index in [0.717, 1.165) is 18.4 Å². The zero-order valence-electron chi connectivity index (χ0n) is 11.6. The van der Waals surface area contributed by atoms with Gasteiger partial charge in [0.15, 0.2) is 5.75 Å². The van der Waals surface area contributed by atoms with Gasteiger partial charge in [0, 0.05) is 25.0 Å². The van der Waals surface area contributed by atoms with Crippen LogP contribution in [0.5, 0.6) is 5.75 Å². The maximum absolute atomic E-state index is 12.7. The maximum Gasteiger partial charge on any atom is 0.258 e. The highest BCUT2D eigenvalue weighted by molar-refractivity contribution is 5.98. The Morgan fingerprint density at radius 3 is 2.81 bits per heavy atom. The van der Waals surface area contributed by atoms with Crippen molar-refractivity contribution in [2.75, 3.05) is 5.73 Å². The molecule has 5 heteroatoms. The van der Waals surface area contributed by atoms with E-state index >= 15 is 0 Å². The van der Waals surface area contributed by atoms with Crippen LogP contribution in [0.15, 0.2) is 42.7 Å². The number of rotatable bonds is 4. The molecule has 0 atom stereocenters. The normalized spacial score (nSPS) is 13.9. The molecule has 5 nitrogen and oxygen atoms in total. The van der Waals surface area contributed by atoms with Crippen molar-refractivity contribution in [3.05, 3.63) is 53.9 Å². The van der Waals surface area contributed by atoms with Gasteiger partial charge in [0.25, 0.3) is 5.91 Å². The van der Waals surface area contributed by atoms with Gasteiger partial charge in [-0.2, -0.15) is 0 Å². The Morgan fingerprint density at radius 2 is 2.14 bits per heavy atom. The van der Waals surface area contributed by atoms with Crippen LogP contribution in [0.3, 0.4) is 0 Å². The third-order valence-electron chi connectivity index (χ3n) is 3.62. The van der Waals surface area contributed by atoms with Gasteiger partial charge in [-0.25, -0.2) is 0 Å². The predicted molar refractivity (Wildman–Crippen MR) is 79.7 cm³/mol. The van der Waals surface area contributed by atoms with Crippen LogP contribution in [0.4, 0.5) is 5.69 Å². The van der Waals surface area contributed by atoms with Crippen molar-refractivity contribution >= 4 is 11.6 Å². The highest BCUT2D eigenvalue weighted by Gasteiger charge is 2.34. The number of hydrogen-bond donors (Lipinski definition) is 2. The summed E-state index contributed by atoms with van der Waals surface area (Å²) >= 11 is 0. The quantitative estimate of drug-likeness (QED) is 0.665. The number of carbonyl (C=O) groups excluding carboxylic acids is 1. The molecule has 2 aromatic rings. The Kier molecular flexibility index (Phi) is 3.48. The minimum Gasteiger partial charge on any atom is -0.505 e. The minimum atomic E-state index is -0.189. The molecule has 1 aliphatic carbocycles. The first kappa shape index (κ1) is 13.4. The topological polar surface area (TPSA) is 79.5 Å². The number of phenols is 1. The summed E-state index contributed by atoms with van der Waals surface area (Å²) in [5.74, 6) is -0.328. The molecule has 0 unspecified atom stereocenters. The highest BCUT2D eigenvalue weighted by Crippen LogP contribution is 2.32. The van der Waals surface area contributed by atoms with E-state index in [-0.39, 0.29) is 28.9 Å². The molecule has 1 amide bonds. The van der Waals surface area contributed by atoms with Crippen LogP contribution in [0.25, 0.3) is 0 Å². The number of benzene rings is 1. The number of nitrogen functional groups attached to an aromatic ring is 1. The fraction of sp³-hybridized carbons (Fsp3) is 0.250. The van der Waals surface area contributed by atoms with Crippen molar-refractivity contribution in [3.8, 4) is 5.75 Å². The summed E-state index contributed by atoms with van der Waals surface area (Å²) in [7, 11) is 0. The van der Waals surface area contributed by atoms with E-state index in [1.807, 2.05) is 12.1 Å². The van der Waals surface area contributed by atoms with E-state index in [9.17, 15) is 9.90 Å². The van der Waals surface area contributed by atoms with Crippen molar-refractivity contribution in [1.82, 2.24) is 9.88 Å². The molecule has 1 aromatic carbocycles. The van der Waals surface area contributed by atoms with Gasteiger partial charge in [-0.15, -0.1) is 0 Å². The van der Waals surface area contributed by atoms with Crippen molar-refractivity contribution in [1.29, 1.82) is 0 Å². The van der Waals surface area contributed by atoms with Crippen LogP contribution in [0, 0.1) is 0 Å². The average Bonchev–Trinajstić information content (AvgIpc) is 3.33. The number of nitrogens with zero attached hydrogens (tertiary/aromatic N) is 2. The lowest BCUT2D eigenvalue weighted by molar-refractivity contribution is 0.0727. The molecule has 3 rings (SSSR count). The van der Waals surface area contributed by atoms with Gasteiger partial charge in [0.1, 0.15) is 0 Å². The van der Waals surface area contributed by atoms with Gasteiger partial charge in [0.05, 0.1) is 11.3 Å². The number of amides is 1. The zero-order chi connectivity index (χ0) is 14.8. The summed E-state index contributed by atoms with van der Waals surface area (Å²) in [5.41, 5.74) is 7.12. The van der Waals surface area contributed by atoms with Gasteiger partial charge < -0.3 is 15.7 Å². The average molecular weight is 283 g/mol. The lowest BCUT2D eigenvalue weighted by atomic mass is 10.1. The molecule has 1 fully saturated rings. The fourth-order valence-electron chi connectivity index (χ4n) is 2.33. The lowest BCUT2D eigenvalue weighted by Crippen LogP contribution is -2.32. The Hall–Kier alpha value is -2.56. The van der Waals surface area contributed by atoms with Crippen molar-refractivity contribution < 1.29 is 9.90 Å². The van der Waals surface area contributed by atoms with Gasteiger partial charge >= 0.3 is 0 Å². The maximum atomic E-state index is 12.7. The number of pyridine rings is 1. The largest absolute Gasteiger partial charge is 0.505 e. The Balaban J connectivity index is 1.87. The number of nitrogens with two attached hydrogens (primary N) is 1. The van der Waals surface area contributed by atoms with Crippen LogP contribution < -0.4 is 5.73 Å². The second kappa shape index (κ2) is 5.44. The molecule has 1 aliphatic rings. The predicted octanol–water partition coefficient (Wildman–Crippen LogP) is 2.17. The molecule has 3 N–H and O–H groups in total. The minimum absolute atomic E-state index is 0.140. The first-order valence-electron chi connectivity index (χ1n) is 6.94. The van der Waals surface area contributed by atoms with Gasteiger partial charge in [-0.3, -0.25) is 9.78 Å². The second-order valence-corrected chi connectivity index (χ2v) is 5.27. The van der Waals surface area contributed by atoms with Crippen LogP contribution in [-0.2, 0) is 6.54 Å². The van der Waals surface area contributed by atoms with E-state index < -0.39 is 0 Å². The number of carbonyl (C=O) groups is 1. The van der Waals surface area contributed by atoms with Crippen LogP contribution >= 0.6 is 0 Å². The summed E-state index contributed by atoms with van der Waals surface area (Å²) < 4.78 is 0. The first-order chi connectivity index (χ1) is 10.2. The molecule has 1 saturated carbocycles. The van der Waals surface area contributed by atoms with Gasteiger partial charge in [-0.05, 0) is 36.6 Å². The monoisotopic (exact) mass is 283 g/mol. The molecule has 108 valence electrons. The molecule has 21 heavy (non-hydrogen) atoms. The molecular formula is C16H17N3O2. The van der Waals surface area contributed by atoms with Crippen molar-refractivity contribution in [2.45, 2.75) is 25.4 Å². The molecule has 1 heterocycles. The van der Waals surface area contributed by atoms with Crippen LogP contribution in [0.1, 0.15) is 28.8 Å².